The van der Waals surface area contributed by atoms with Crippen LogP contribution < -0.4 is 4.40 Å². The number of nitrogens with zero attached hydrogens (tertiary/aromatic N) is 2. The smallest absolute Gasteiger partial charge is 0.336 e. The van der Waals surface area contributed by atoms with E-state index < -0.39 is 0 Å². The van der Waals surface area contributed by atoms with E-state index in [9.17, 15) is 5.11 Å². The van der Waals surface area contributed by atoms with Gasteiger partial charge in [0.15, 0.2) is 0 Å². The lowest BCUT2D eigenvalue weighted by Gasteiger charge is -1.97. The van der Waals surface area contributed by atoms with Gasteiger partial charge in [-0.15, -0.1) is 0 Å². The van der Waals surface area contributed by atoms with Crippen molar-refractivity contribution < 1.29 is 9.51 Å². The van der Waals surface area contributed by atoms with Gasteiger partial charge in [-0.2, -0.15) is 8.80 Å². The van der Waals surface area contributed by atoms with Crippen LogP contribution in [0.3, 0.4) is 0 Å². The van der Waals surface area contributed by atoms with E-state index in [0.717, 1.165) is 32.7 Å². The van der Waals surface area contributed by atoms with Crippen LogP contribution in [0.25, 0.3) is 32.7 Å². The van der Waals surface area contributed by atoms with Gasteiger partial charge < -0.3 is 5.11 Å². The van der Waals surface area contributed by atoms with Gasteiger partial charge in [-0.25, -0.2) is 0 Å². The predicted molar refractivity (Wildman–Crippen MR) is 87.2 cm³/mol. The summed E-state index contributed by atoms with van der Waals surface area (Å²) < 4.78 is 3.92. The summed E-state index contributed by atoms with van der Waals surface area (Å²) in [4.78, 5) is 0. The lowest BCUT2D eigenvalue weighted by Crippen LogP contribution is -2.18. The molecule has 2 aromatic carbocycles. The lowest BCUT2D eigenvalue weighted by atomic mass is 10.1. The molecule has 0 fully saturated rings. The van der Waals surface area contributed by atoms with Gasteiger partial charge in [0.25, 0.3) is 0 Å². The van der Waals surface area contributed by atoms with Crippen molar-refractivity contribution in [2.24, 2.45) is 0 Å². The van der Waals surface area contributed by atoms with Crippen LogP contribution in [0.2, 0.25) is 0 Å². The highest BCUT2D eigenvalue weighted by Crippen LogP contribution is 2.29. The number of benzene rings is 2. The van der Waals surface area contributed by atoms with Crippen molar-refractivity contribution in [1.82, 2.24) is 4.40 Å². The van der Waals surface area contributed by atoms with Gasteiger partial charge in [-0.05, 0) is 35.0 Å². The summed E-state index contributed by atoms with van der Waals surface area (Å²) in [6.45, 7) is 0. The Labute approximate surface area is 126 Å². The Morgan fingerprint density at radius 1 is 0.773 bits per heavy atom. The number of fused-ring (bicyclic) bond motifs is 7. The minimum absolute atomic E-state index is 0.276. The predicted octanol–water partition coefficient (Wildman–Crippen LogP) is 3.69. The van der Waals surface area contributed by atoms with Gasteiger partial charge in [0.2, 0.25) is 5.52 Å². The summed E-state index contributed by atoms with van der Waals surface area (Å²) in [5, 5.41) is 15.2. The van der Waals surface area contributed by atoms with Crippen molar-refractivity contribution in [2.75, 3.05) is 0 Å². The van der Waals surface area contributed by atoms with E-state index in [4.69, 9.17) is 0 Å². The molecule has 3 aromatic heterocycles. The number of pyridine rings is 2. The zero-order chi connectivity index (χ0) is 14.7. The molecule has 0 saturated carbocycles. The fraction of sp³-hybridized carbons (Fsp3) is 0. The minimum Gasteiger partial charge on any atom is -0.474 e. The largest absolute Gasteiger partial charge is 0.474 e. The molecule has 1 N–H and O–H groups in total. The zero-order valence-electron chi connectivity index (χ0n) is 11.8. The molecular weight excluding hydrogens is 272 g/mol. The van der Waals surface area contributed by atoms with Gasteiger partial charge in [0.1, 0.15) is 6.20 Å². The summed E-state index contributed by atoms with van der Waals surface area (Å²) in [5.41, 5.74) is 1.82. The molecular formula is C19H13N2O+. The highest BCUT2D eigenvalue weighted by molar-refractivity contribution is 6.01. The van der Waals surface area contributed by atoms with E-state index in [-0.39, 0.29) is 5.88 Å². The monoisotopic (exact) mass is 285 g/mol. The Morgan fingerprint density at radius 3 is 2.27 bits per heavy atom. The molecule has 0 atom stereocenters. The number of aromatic nitrogens is 2. The second-order valence-corrected chi connectivity index (χ2v) is 5.54. The van der Waals surface area contributed by atoms with Crippen molar-refractivity contribution in [3.8, 4) is 5.88 Å². The third-order valence-electron chi connectivity index (χ3n) is 4.36. The normalized spacial score (nSPS) is 11.8. The van der Waals surface area contributed by atoms with Crippen molar-refractivity contribution in [1.29, 1.82) is 0 Å². The Morgan fingerprint density at radius 2 is 1.45 bits per heavy atom. The molecule has 3 heteroatoms. The van der Waals surface area contributed by atoms with Gasteiger partial charge >= 0.3 is 11.5 Å². The summed E-state index contributed by atoms with van der Waals surface area (Å²) in [6.07, 6.45) is 3.95. The maximum atomic E-state index is 10.7. The van der Waals surface area contributed by atoms with E-state index in [2.05, 4.69) is 28.7 Å². The van der Waals surface area contributed by atoms with Crippen LogP contribution in [0.5, 0.6) is 5.88 Å². The zero-order valence-corrected chi connectivity index (χ0v) is 11.8. The first-order chi connectivity index (χ1) is 10.8. The maximum absolute atomic E-state index is 10.7. The van der Waals surface area contributed by atoms with E-state index in [0.29, 0.717) is 0 Å². The minimum atomic E-state index is 0.276. The second kappa shape index (κ2) is 3.98. The van der Waals surface area contributed by atoms with Crippen molar-refractivity contribution in [2.45, 2.75) is 0 Å². The number of aromatic hydroxyl groups is 1. The molecule has 0 unspecified atom stereocenters. The molecule has 0 saturated heterocycles. The third kappa shape index (κ3) is 1.33. The fourth-order valence-corrected chi connectivity index (χ4v) is 3.35. The van der Waals surface area contributed by atoms with Crippen LogP contribution in [-0.2, 0) is 0 Å². The van der Waals surface area contributed by atoms with Gasteiger partial charge in [-0.1, -0.05) is 36.4 Å². The molecule has 22 heavy (non-hydrogen) atoms. The molecule has 0 aliphatic rings. The Bertz CT molecular complexity index is 1190. The fourth-order valence-electron chi connectivity index (χ4n) is 3.35. The van der Waals surface area contributed by atoms with Crippen LogP contribution in [-0.4, -0.2) is 9.51 Å². The Hall–Kier alpha value is -3.07. The molecule has 0 aliphatic carbocycles. The SMILES string of the molecule is Oc1c2c3ccccc3ccn2c2c3ccccc3cc[n+]12. The first-order valence-electron chi connectivity index (χ1n) is 7.28. The molecule has 3 nitrogen and oxygen atoms in total. The van der Waals surface area contributed by atoms with Crippen LogP contribution >= 0.6 is 0 Å². The van der Waals surface area contributed by atoms with Crippen LogP contribution in [0.1, 0.15) is 0 Å². The highest BCUT2D eigenvalue weighted by atomic mass is 16.3. The number of hydrogen-bond acceptors (Lipinski definition) is 1. The van der Waals surface area contributed by atoms with Crippen LogP contribution in [0.4, 0.5) is 0 Å². The highest BCUT2D eigenvalue weighted by Gasteiger charge is 2.23. The van der Waals surface area contributed by atoms with Crippen molar-refractivity contribution in [3.05, 3.63) is 73.1 Å². The average molecular weight is 285 g/mol. The molecule has 0 aliphatic heterocycles. The molecule has 3 heterocycles. The third-order valence-corrected chi connectivity index (χ3v) is 4.36. The first kappa shape index (κ1) is 11.6. The van der Waals surface area contributed by atoms with Crippen LogP contribution in [0.15, 0.2) is 73.1 Å². The molecule has 0 bridgehead atoms. The number of rotatable bonds is 0. The first-order valence-corrected chi connectivity index (χ1v) is 7.28. The summed E-state index contributed by atoms with van der Waals surface area (Å²) in [7, 11) is 0. The van der Waals surface area contributed by atoms with E-state index in [1.807, 2.05) is 53.2 Å². The van der Waals surface area contributed by atoms with Crippen LogP contribution in [0, 0.1) is 0 Å². The molecule has 0 radical (unpaired) electrons. The molecule has 5 aromatic rings. The van der Waals surface area contributed by atoms with E-state index in [1.54, 1.807) is 0 Å². The number of hydrogen-bond donors (Lipinski definition) is 1. The molecule has 0 spiro atoms. The van der Waals surface area contributed by atoms with E-state index >= 15 is 0 Å². The topological polar surface area (TPSA) is 28.7 Å². The lowest BCUT2D eigenvalue weighted by molar-refractivity contribution is -0.518. The summed E-state index contributed by atoms with van der Waals surface area (Å²) in [5.74, 6) is 0.276. The van der Waals surface area contributed by atoms with Gasteiger partial charge in [0.05, 0.1) is 11.6 Å². The van der Waals surface area contributed by atoms with E-state index in [1.165, 1.54) is 0 Å². The van der Waals surface area contributed by atoms with Gasteiger partial charge in [-0.3, -0.25) is 0 Å². The van der Waals surface area contributed by atoms with Crippen molar-refractivity contribution >= 4 is 32.7 Å². The maximum Gasteiger partial charge on any atom is 0.336 e. The summed E-state index contributed by atoms with van der Waals surface area (Å²) in [6, 6.07) is 20.5. The molecule has 0 amide bonds. The standard InChI is InChI=1S/C19H12N2O/c22-19-17-15-7-3-1-5-13(15)9-11-20(17)18-16-8-4-2-6-14(16)10-12-21(18)19/h1-12H/p+1. The molecule has 5 rings (SSSR count). The van der Waals surface area contributed by atoms with Crippen molar-refractivity contribution in [3.63, 3.8) is 0 Å². The average Bonchev–Trinajstić information content (AvgIpc) is 2.88. The quantitative estimate of drug-likeness (QED) is 0.432. The Kier molecular flexibility index (Phi) is 2.09. The Balaban J connectivity index is 2.16. The molecule has 104 valence electrons. The second-order valence-electron chi connectivity index (χ2n) is 5.54. The summed E-state index contributed by atoms with van der Waals surface area (Å²) >= 11 is 0. The van der Waals surface area contributed by atoms with Gasteiger partial charge in [0, 0.05) is 5.39 Å². The number of imidazole rings is 1.